The maximum atomic E-state index is 13.4. The van der Waals surface area contributed by atoms with Gasteiger partial charge in [-0.25, -0.2) is 0 Å². The van der Waals surface area contributed by atoms with Crippen LogP contribution in [0.25, 0.3) is 0 Å². The molecule has 0 aromatic heterocycles. The molecule has 2 aliphatic rings. The summed E-state index contributed by atoms with van der Waals surface area (Å²) < 4.78 is 5.62. The highest BCUT2D eigenvalue weighted by molar-refractivity contribution is 6.42. The number of methoxy groups -OCH3 is 1. The summed E-state index contributed by atoms with van der Waals surface area (Å²) in [7, 11) is 1.72. The molecule has 4 nitrogen and oxygen atoms in total. The average Bonchev–Trinajstić information content (AvgIpc) is 2.76. The smallest absolute Gasteiger partial charge is 0.227 e. The molecule has 30 heavy (non-hydrogen) atoms. The van der Waals surface area contributed by atoms with E-state index in [0.29, 0.717) is 23.0 Å². The fourth-order valence-electron chi connectivity index (χ4n) is 4.72. The zero-order valence-electron chi connectivity index (χ0n) is 17.4. The third kappa shape index (κ3) is 4.61. The molecule has 1 unspecified atom stereocenters. The van der Waals surface area contributed by atoms with E-state index in [1.54, 1.807) is 19.2 Å². The minimum absolute atomic E-state index is 0.0391. The Morgan fingerprint density at radius 2 is 1.87 bits per heavy atom. The van der Waals surface area contributed by atoms with E-state index in [1.165, 1.54) is 30.4 Å². The normalized spacial score (nSPS) is 19.4. The highest BCUT2D eigenvalue weighted by Crippen LogP contribution is 2.36. The molecule has 0 bridgehead atoms. The Kier molecular flexibility index (Phi) is 6.87. The minimum Gasteiger partial charge on any atom is -0.496 e. The zero-order chi connectivity index (χ0) is 21.1. The van der Waals surface area contributed by atoms with Crippen LogP contribution in [0.15, 0.2) is 36.4 Å². The van der Waals surface area contributed by atoms with Crippen LogP contribution in [-0.2, 0) is 17.6 Å². The van der Waals surface area contributed by atoms with Gasteiger partial charge in [0.2, 0.25) is 5.91 Å². The predicted molar refractivity (Wildman–Crippen MR) is 122 cm³/mol. The number of hydrogen-bond acceptors (Lipinski definition) is 3. The van der Waals surface area contributed by atoms with Crippen molar-refractivity contribution in [3.63, 3.8) is 0 Å². The van der Waals surface area contributed by atoms with Crippen molar-refractivity contribution in [1.82, 2.24) is 9.80 Å². The van der Waals surface area contributed by atoms with E-state index in [-0.39, 0.29) is 11.9 Å². The molecular weight excluding hydrogens is 419 g/mol. The van der Waals surface area contributed by atoms with Gasteiger partial charge in [-0.2, -0.15) is 0 Å². The van der Waals surface area contributed by atoms with Gasteiger partial charge in [0.05, 0.1) is 29.6 Å². The van der Waals surface area contributed by atoms with Crippen molar-refractivity contribution in [2.75, 3.05) is 33.3 Å². The van der Waals surface area contributed by atoms with Gasteiger partial charge in [-0.1, -0.05) is 47.8 Å². The zero-order valence-corrected chi connectivity index (χ0v) is 18.9. The van der Waals surface area contributed by atoms with Crippen molar-refractivity contribution in [2.24, 2.45) is 0 Å². The molecule has 6 heteroatoms. The van der Waals surface area contributed by atoms with E-state index in [0.717, 1.165) is 37.4 Å². The maximum Gasteiger partial charge on any atom is 0.227 e. The fourth-order valence-corrected chi connectivity index (χ4v) is 5.04. The van der Waals surface area contributed by atoms with Crippen molar-refractivity contribution in [2.45, 2.75) is 38.1 Å². The number of fused-ring (bicyclic) bond motifs is 1. The molecule has 160 valence electrons. The molecule has 4 rings (SSSR count). The van der Waals surface area contributed by atoms with Gasteiger partial charge >= 0.3 is 0 Å². The molecule has 2 aromatic rings. The first kappa shape index (κ1) is 21.5. The standard InChI is InChI=1S/C24H28Cl2N2O2/c1-30-23-7-5-6-18-19(23)10-13-28(22(18)16-27-11-3-2-4-12-27)24(29)15-17-8-9-20(25)21(26)14-17/h5-9,14,22H,2-4,10-13,15-16H2,1H3. The third-order valence-electron chi connectivity index (χ3n) is 6.27. The molecule has 0 radical (unpaired) electrons. The van der Waals surface area contributed by atoms with Gasteiger partial charge in [0.1, 0.15) is 5.75 Å². The Balaban J connectivity index is 1.60. The summed E-state index contributed by atoms with van der Waals surface area (Å²) in [5.41, 5.74) is 3.34. The van der Waals surface area contributed by atoms with Crippen LogP contribution in [0, 0.1) is 0 Å². The SMILES string of the molecule is COc1cccc2c1CCN(C(=O)Cc1ccc(Cl)c(Cl)c1)C2CN1CCCCC1. The van der Waals surface area contributed by atoms with Crippen molar-refractivity contribution in [3.8, 4) is 5.75 Å². The lowest BCUT2D eigenvalue weighted by Crippen LogP contribution is -2.46. The predicted octanol–water partition coefficient (Wildman–Crippen LogP) is 5.16. The molecule has 1 saturated heterocycles. The number of ether oxygens (including phenoxy) is 1. The first-order valence-electron chi connectivity index (χ1n) is 10.7. The number of halogens is 2. The first-order valence-corrected chi connectivity index (χ1v) is 11.4. The van der Waals surface area contributed by atoms with Crippen LogP contribution in [0.1, 0.15) is 42.0 Å². The molecule has 0 N–H and O–H groups in total. The highest BCUT2D eigenvalue weighted by Gasteiger charge is 2.33. The number of likely N-dealkylation sites (tertiary alicyclic amines) is 1. The number of carbonyl (C=O) groups excluding carboxylic acids is 1. The average molecular weight is 447 g/mol. The molecule has 2 aliphatic heterocycles. The Bertz CT molecular complexity index is 912. The largest absolute Gasteiger partial charge is 0.496 e. The van der Waals surface area contributed by atoms with Gasteiger partial charge in [-0.05, 0) is 61.7 Å². The lowest BCUT2D eigenvalue weighted by atomic mass is 9.90. The van der Waals surface area contributed by atoms with Crippen LogP contribution in [-0.4, -0.2) is 49.0 Å². The second-order valence-electron chi connectivity index (χ2n) is 8.17. The number of benzene rings is 2. The summed E-state index contributed by atoms with van der Waals surface area (Å²) >= 11 is 12.2. The van der Waals surface area contributed by atoms with E-state index in [9.17, 15) is 4.79 Å². The summed E-state index contributed by atoms with van der Waals surface area (Å²) in [6, 6.07) is 11.7. The number of piperidine rings is 1. The van der Waals surface area contributed by atoms with Crippen molar-refractivity contribution < 1.29 is 9.53 Å². The van der Waals surface area contributed by atoms with Crippen molar-refractivity contribution in [1.29, 1.82) is 0 Å². The van der Waals surface area contributed by atoms with Crippen LogP contribution in [0.3, 0.4) is 0 Å². The monoisotopic (exact) mass is 446 g/mol. The molecule has 0 aliphatic carbocycles. The van der Waals surface area contributed by atoms with E-state index < -0.39 is 0 Å². The molecule has 1 amide bonds. The topological polar surface area (TPSA) is 32.8 Å². The van der Waals surface area contributed by atoms with Crippen LogP contribution in [0.2, 0.25) is 10.0 Å². The summed E-state index contributed by atoms with van der Waals surface area (Å²) in [6.07, 6.45) is 4.89. The fraction of sp³-hybridized carbons (Fsp3) is 0.458. The molecule has 2 aromatic carbocycles. The number of amides is 1. The number of rotatable bonds is 5. The lowest BCUT2D eigenvalue weighted by Gasteiger charge is -2.41. The third-order valence-corrected chi connectivity index (χ3v) is 7.01. The molecule has 1 fully saturated rings. The van der Waals surface area contributed by atoms with Gasteiger partial charge in [-0.3, -0.25) is 4.79 Å². The Hall–Kier alpha value is -1.75. The van der Waals surface area contributed by atoms with Gasteiger partial charge in [0.25, 0.3) is 0 Å². The van der Waals surface area contributed by atoms with E-state index in [4.69, 9.17) is 27.9 Å². The van der Waals surface area contributed by atoms with Crippen molar-refractivity contribution in [3.05, 3.63) is 63.1 Å². The summed E-state index contributed by atoms with van der Waals surface area (Å²) in [4.78, 5) is 17.9. The Labute approximate surface area is 188 Å². The number of carbonyl (C=O) groups is 1. The molecular formula is C24H28Cl2N2O2. The number of hydrogen-bond donors (Lipinski definition) is 0. The summed E-state index contributed by atoms with van der Waals surface area (Å²) in [6.45, 7) is 3.77. The molecule has 0 saturated carbocycles. The lowest BCUT2D eigenvalue weighted by molar-refractivity contribution is -0.134. The Morgan fingerprint density at radius 1 is 1.07 bits per heavy atom. The van der Waals surface area contributed by atoms with Crippen LogP contribution < -0.4 is 4.74 Å². The Morgan fingerprint density at radius 3 is 2.60 bits per heavy atom. The summed E-state index contributed by atoms with van der Waals surface area (Å²) in [5.74, 6) is 1.05. The van der Waals surface area contributed by atoms with Crippen LogP contribution in [0.4, 0.5) is 0 Å². The van der Waals surface area contributed by atoms with E-state index in [1.807, 2.05) is 18.2 Å². The van der Waals surface area contributed by atoms with Crippen LogP contribution in [0.5, 0.6) is 5.75 Å². The van der Waals surface area contributed by atoms with Gasteiger partial charge in [0, 0.05) is 18.7 Å². The van der Waals surface area contributed by atoms with Crippen LogP contribution >= 0.6 is 23.2 Å². The minimum atomic E-state index is 0.0391. The van der Waals surface area contributed by atoms with Crippen molar-refractivity contribution >= 4 is 29.1 Å². The van der Waals surface area contributed by atoms with E-state index in [2.05, 4.69) is 15.9 Å². The van der Waals surface area contributed by atoms with E-state index >= 15 is 0 Å². The first-order chi connectivity index (χ1) is 14.6. The maximum absolute atomic E-state index is 13.4. The molecule has 1 atom stereocenters. The van der Waals surface area contributed by atoms with Gasteiger partial charge in [-0.15, -0.1) is 0 Å². The second kappa shape index (κ2) is 9.59. The van der Waals surface area contributed by atoms with Gasteiger partial charge in [0.15, 0.2) is 0 Å². The second-order valence-corrected chi connectivity index (χ2v) is 8.98. The molecule has 0 spiro atoms. The highest BCUT2D eigenvalue weighted by atomic mass is 35.5. The summed E-state index contributed by atoms with van der Waals surface area (Å²) in [5, 5.41) is 0.996. The number of nitrogens with zero attached hydrogens (tertiary/aromatic N) is 2. The quantitative estimate of drug-likeness (QED) is 0.635. The molecule has 2 heterocycles. The van der Waals surface area contributed by atoms with Gasteiger partial charge < -0.3 is 14.5 Å².